The van der Waals surface area contributed by atoms with Crippen molar-refractivity contribution < 1.29 is 39.3 Å². The summed E-state index contributed by atoms with van der Waals surface area (Å²) in [7, 11) is 0. The van der Waals surface area contributed by atoms with E-state index in [4.69, 9.17) is 21.1 Å². The van der Waals surface area contributed by atoms with Crippen LogP contribution in [0.5, 0.6) is 0 Å². The van der Waals surface area contributed by atoms with Crippen LogP contribution in [-0.2, 0) is 24.0 Å². The Kier molecular flexibility index (Phi) is 8.92. The van der Waals surface area contributed by atoms with E-state index in [-0.39, 0.29) is 12.8 Å². The molecule has 0 saturated carbocycles. The topological polar surface area (TPSA) is 196 Å². The first kappa shape index (κ1) is 20.3. The number of aliphatic hydroxyl groups excluding tert-OH is 1. The SMILES string of the molecule is NC(=O)C(CCC(=O)O)NC(=O)C(CC(=O)O)NC(=O)CCO. The van der Waals surface area contributed by atoms with Crippen LogP contribution in [-0.4, -0.2) is 63.7 Å². The van der Waals surface area contributed by atoms with Crippen molar-refractivity contribution >= 4 is 29.7 Å². The van der Waals surface area contributed by atoms with Crippen LogP contribution in [0.3, 0.4) is 0 Å². The van der Waals surface area contributed by atoms with Crippen molar-refractivity contribution in [1.82, 2.24) is 10.6 Å². The van der Waals surface area contributed by atoms with E-state index < -0.39 is 61.2 Å². The maximum atomic E-state index is 12.0. The van der Waals surface area contributed by atoms with Crippen LogP contribution in [0.1, 0.15) is 25.7 Å². The molecule has 0 aromatic heterocycles. The zero-order chi connectivity index (χ0) is 18.0. The minimum absolute atomic E-state index is 0.277. The van der Waals surface area contributed by atoms with E-state index in [9.17, 15) is 24.0 Å². The van der Waals surface area contributed by atoms with Gasteiger partial charge < -0.3 is 31.7 Å². The Balaban J connectivity index is 4.88. The third kappa shape index (κ3) is 9.03. The summed E-state index contributed by atoms with van der Waals surface area (Å²) >= 11 is 0. The highest BCUT2D eigenvalue weighted by Crippen LogP contribution is 2.01. The molecule has 0 rings (SSSR count). The van der Waals surface area contributed by atoms with Crippen molar-refractivity contribution in [3.63, 3.8) is 0 Å². The molecule has 0 aliphatic rings. The lowest BCUT2D eigenvalue weighted by molar-refractivity contribution is -0.141. The number of nitrogens with two attached hydrogens (primary N) is 1. The molecule has 0 spiro atoms. The van der Waals surface area contributed by atoms with Gasteiger partial charge in [-0.15, -0.1) is 0 Å². The molecule has 0 heterocycles. The first-order chi connectivity index (χ1) is 10.7. The van der Waals surface area contributed by atoms with Gasteiger partial charge in [-0.1, -0.05) is 0 Å². The van der Waals surface area contributed by atoms with Gasteiger partial charge in [0.25, 0.3) is 0 Å². The smallest absolute Gasteiger partial charge is 0.305 e. The van der Waals surface area contributed by atoms with E-state index in [2.05, 4.69) is 10.6 Å². The molecule has 2 unspecified atom stereocenters. The number of carbonyl (C=O) groups is 5. The van der Waals surface area contributed by atoms with Crippen molar-refractivity contribution in [1.29, 1.82) is 0 Å². The lowest BCUT2D eigenvalue weighted by Gasteiger charge is -2.20. The number of carbonyl (C=O) groups excluding carboxylic acids is 3. The zero-order valence-corrected chi connectivity index (χ0v) is 12.2. The standard InChI is InChI=1S/C12H19N3O8/c13-11(22)6(1-2-9(18)19)15-12(23)7(5-10(20)21)14-8(17)3-4-16/h6-7,16H,1-5H2,(H2,13,22)(H,14,17)(H,15,23)(H,18,19)(H,20,21). The second kappa shape index (κ2) is 10.1. The van der Waals surface area contributed by atoms with Gasteiger partial charge in [-0.05, 0) is 6.42 Å². The molecule has 0 fully saturated rings. The minimum Gasteiger partial charge on any atom is -0.481 e. The molecule has 0 aromatic rings. The Morgan fingerprint density at radius 2 is 1.52 bits per heavy atom. The number of carboxylic acid groups (broad SMARTS) is 2. The monoisotopic (exact) mass is 333 g/mol. The molecule has 11 heteroatoms. The first-order valence-electron chi connectivity index (χ1n) is 6.60. The molecule has 0 aromatic carbocycles. The number of primary amides is 1. The van der Waals surface area contributed by atoms with Crippen molar-refractivity contribution in [2.75, 3.05) is 6.61 Å². The minimum atomic E-state index is -1.49. The van der Waals surface area contributed by atoms with Crippen LogP contribution in [0, 0.1) is 0 Å². The highest BCUT2D eigenvalue weighted by Gasteiger charge is 2.27. The summed E-state index contributed by atoms with van der Waals surface area (Å²) in [5.74, 6) is -5.32. The van der Waals surface area contributed by atoms with E-state index in [0.717, 1.165) is 0 Å². The molecular weight excluding hydrogens is 314 g/mol. The molecule has 0 bridgehead atoms. The summed E-state index contributed by atoms with van der Waals surface area (Å²) in [6, 6.07) is -2.80. The van der Waals surface area contributed by atoms with E-state index >= 15 is 0 Å². The molecule has 11 nitrogen and oxygen atoms in total. The lowest BCUT2D eigenvalue weighted by atomic mass is 10.1. The fourth-order valence-corrected chi connectivity index (χ4v) is 1.58. The average molecular weight is 333 g/mol. The Bertz CT molecular complexity index is 479. The van der Waals surface area contributed by atoms with Gasteiger partial charge in [0.1, 0.15) is 12.1 Å². The van der Waals surface area contributed by atoms with Crippen molar-refractivity contribution in [3.8, 4) is 0 Å². The zero-order valence-electron chi connectivity index (χ0n) is 12.2. The molecule has 3 amide bonds. The summed E-state index contributed by atoms with van der Waals surface area (Å²) in [5, 5.41) is 30.1. The van der Waals surface area contributed by atoms with E-state index in [0.29, 0.717) is 0 Å². The Labute approximate surface area is 130 Å². The predicted octanol–water partition coefficient (Wildman–Crippen LogP) is -2.84. The Morgan fingerprint density at radius 1 is 0.913 bits per heavy atom. The highest BCUT2D eigenvalue weighted by molar-refractivity contribution is 5.93. The fraction of sp³-hybridized carbons (Fsp3) is 0.583. The summed E-state index contributed by atoms with van der Waals surface area (Å²) in [4.78, 5) is 55.8. The number of hydrogen-bond donors (Lipinski definition) is 6. The molecular formula is C12H19N3O8. The van der Waals surface area contributed by atoms with Gasteiger partial charge in [0.2, 0.25) is 17.7 Å². The van der Waals surface area contributed by atoms with E-state index in [1.54, 1.807) is 0 Å². The van der Waals surface area contributed by atoms with Crippen LogP contribution in [0.25, 0.3) is 0 Å². The van der Waals surface area contributed by atoms with Gasteiger partial charge in [0.15, 0.2) is 0 Å². The quantitative estimate of drug-likeness (QED) is 0.232. The Hall–Kier alpha value is -2.69. The molecule has 130 valence electrons. The summed E-state index contributed by atoms with van der Waals surface area (Å²) in [5.41, 5.74) is 5.04. The third-order valence-electron chi connectivity index (χ3n) is 2.68. The van der Waals surface area contributed by atoms with Gasteiger partial charge in [-0.3, -0.25) is 24.0 Å². The van der Waals surface area contributed by atoms with Crippen LogP contribution >= 0.6 is 0 Å². The van der Waals surface area contributed by atoms with Crippen LogP contribution in [0.2, 0.25) is 0 Å². The molecule has 0 saturated heterocycles. The van der Waals surface area contributed by atoms with Gasteiger partial charge in [0, 0.05) is 12.8 Å². The van der Waals surface area contributed by atoms with E-state index in [1.165, 1.54) is 0 Å². The molecule has 23 heavy (non-hydrogen) atoms. The number of hydrogen-bond acceptors (Lipinski definition) is 6. The van der Waals surface area contributed by atoms with Crippen LogP contribution < -0.4 is 16.4 Å². The van der Waals surface area contributed by atoms with Gasteiger partial charge in [-0.2, -0.15) is 0 Å². The predicted molar refractivity (Wildman–Crippen MR) is 73.9 cm³/mol. The first-order valence-corrected chi connectivity index (χ1v) is 6.60. The highest BCUT2D eigenvalue weighted by atomic mass is 16.4. The number of amides is 3. The molecule has 0 aliphatic carbocycles. The molecule has 0 aliphatic heterocycles. The number of aliphatic hydroxyl groups is 1. The maximum absolute atomic E-state index is 12.0. The third-order valence-corrected chi connectivity index (χ3v) is 2.68. The normalized spacial score (nSPS) is 12.7. The Morgan fingerprint density at radius 3 is 1.96 bits per heavy atom. The number of aliphatic carboxylic acids is 2. The maximum Gasteiger partial charge on any atom is 0.305 e. The largest absolute Gasteiger partial charge is 0.481 e. The summed E-state index contributed by atoms with van der Waals surface area (Å²) in [6.45, 7) is -0.490. The molecule has 7 N–H and O–H groups in total. The number of rotatable bonds is 11. The van der Waals surface area contributed by atoms with Gasteiger partial charge >= 0.3 is 11.9 Å². The molecule has 0 radical (unpaired) electrons. The molecule has 2 atom stereocenters. The van der Waals surface area contributed by atoms with Crippen LogP contribution in [0.4, 0.5) is 0 Å². The second-order valence-electron chi connectivity index (χ2n) is 4.59. The lowest BCUT2D eigenvalue weighted by Crippen LogP contribution is -2.53. The van der Waals surface area contributed by atoms with Gasteiger partial charge in [0.05, 0.1) is 13.0 Å². The van der Waals surface area contributed by atoms with Crippen molar-refractivity contribution in [2.24, 2.45) is 5.73 Å². The number of carboxylic acids is 2. The fourth-order valence-electron chi connectivity index (χ4n) is 1.58. The van der Waals surface area contributed by atoms with E-state index in [1.807, 2.05) is 0 Å². The summed E-state index contributed by atoms with van der Waals surface area (Å²) < 4.78 is 0. The van der Waals surface area contributed by atoms with Crippen molar-refractivity contribution in [2.45, 2.75) is 37.8 Å². The number of nitrogens with one attached hydrogen (secondary N) is 2. The summed E-state index contributed by atoms with van der Waals surface area (Å²) in [6.07, 6.45) is -1.80. The van der Waals surface area contributed by atoms with Crippen LogP contribution in [0.15, 0.2) is 0 Å². The van der Waals surface area contributed by atoms with Gasteiger partial charge in [-0.25, -0.2) is 0 Å². The van der Waals surface area contributed by atoms with Crippen molar-refractivity contribution in [3.05, 3.63) is 0 Å². The average Bonchev–Trinajstić information content (AvgIpc) is 2.41. The second-order valence-corrected chi connectivity index (χ2v) is 4.59.